The van der Waals surface area contributed by atoms with Crippen molar-refractivity contribution in [2.45, 2.75) is 38.3 Å². The minimum atomic E-state index is -4.38. The number of piperidine rings is 1. The number of nitrogens with one attached hydrogen (secondary N) is 1. The van der Waals surface area contributed by atoms with Crippen LogP contribution in [0.1, 0.15) is 42.6 Å². The highest BCUT2D eigenvalue weighted by Crippen LogP contribution is 2.32. The Morgan fingerprint density at radius 1 is 1.15 bits per heavy atom. The molecule has 7 nitrogen and oxygen atoms in total. The normalized spacial score (nSPS) is 18.8. The quantitative estimate of drug-likeness (QED) is 0.615. The number of aryl methyl sites for hydroxylation is 1. The summed E-state index contributed by atoms with van der Waals surface area (Å²) >= 11 is 0.839. The van der Waals surface area contributed by atoms with Gasteiger partial charge in [-0.3, -0.25) is 19.9 Å². The van der Waals surface area contributed by atoms with Gasteiger partial charge in [-0.15, -0.1) is 0 Å². The van der Waals surface area contributed by atoms with Crippen molar-refractivity contribution in [1.82, 2.24) is 20.3 Å². The number of aromatic nitrogens is 3. The van der Waals surface area contributed by atoms with E-state index in [9.17, 15) is 22.8 Å². The van der Waals surface area contributed by atoms with Gasteiger partial charge in [-0.1, -0.05) is 0 Å². The summed E-state index contributed by atoms with van der Waals surface area (Å²) in [6.45, 7) is 1.49. The van der Waals surface area contributed by atoms with Crippen molar-refractivity contribution in [3.8, 4) is 0 Å². The largest absolute Gasteiger partial charge is 0.418 e. The van der Waals surface area contributed by atoms with Crippen molar-refractivity contribution >= 4 is 34.9 Å². The number of amides is 2. The first-order chi connectivity index (χ1) is 15.8. The Labute approximate surface area is 192 Å². The van der Waals surface area contributed by atoms with E-state index in [0.717, 1.165) is 50.2 Å². The molecule has 2 aromatic rings. The van der Waals surface area contributed by atoms with E-state index < -0.39 is 22.9 Å². The number of pyridine rings is 1. The predicted molar refractivity (Wildman–Crippen MR) is 118 cm³/mol. The molecule has 2 aromatic heterocycles. The molecule has 2 fully saturated rings. The zero-order chi connectivity index (χ0) is 23.4. The van der Waals surface area contributed by atoms with Gasteiger partial charge in [-0.25, -0.2) is 9.97 Å². The number of imide groups is 1. The highest BCUT2D eigenvalue weighted by Gasteiger charge is 2.33. The van der Waals surface area contributed by atoms with E-state index in [4.69, 9.17) is 0 Å². The topological polar surface area (TPSA) is 88.1 Å². The van der Waals surface area contributed by atoms with Crippen molar-refractivity contribution in [3.63, 3.8) is 0 Å². The van der Waals surface area contributed by atoms with Crippen LogP contribution in [0.5, 0.6) is 0 Å². The molecule has 0 unspecified atom stereocenters. The molecule has 0 saturated carbocycles. The number of carbonyl (C=O) groups excluding carboxylic acids is 2. The third-order valence-corrected chi connectivity index (χ3v) is 6.51. The lowest BCUT2D eigenvalue weighted by Crippen LogP contribution is -2.35. The summed E-state index contributed by atoms with van der Waals surface area (Å²) in [7, 11) is 0. The van der Waals surface area contributed by atoms with Gasteiger partial charge in [0.1, 0.15) is 0 Å². The molecule has 0 aromatic carbocycles. The van der Waals surface area contributed by atoms with Crippen LogP contribution in [0.3, 0.4) is 0 Å². The number of halogens is 3. The molecule has 0 aliphatic carbocycles. The third kappa shape index (κ3) is 5.89. The van der Waals surface area contributed by atoms with E-state index in [0.29, 0.717) is 35.3 Å². The van der Waals surface area contributed by atoms with Crippen LogP contribution in [-0.2, 0) is 17.4 Å². The lowest BCUT2D eigenvalue weighted by molar-refractivity contribution is -0.138. The van der Waals surface area contributed by atoms with Crippen LogP contribution >= 0.6 is 11.8 Å². The summed E-state index contributed by atoms with van der Waals surface area (Å²) in [6.07, 6.45) is 3.81. The van der Waals surface area contributed by atoms with E-state index in [1.54, 1.807) is 18.3 Å². The lowest BCUT2D eigenvalue weighted by atomic mass is 9.91. The molecule has 0 atom stereocenters. The maximum atomic E-state index is 13.1. The number of alkyl halides is 3. The summed E-state index contributed by atoms with van der Waals surface area (Å²) in [4.78, 5) is 38.2. The van der Waals surface area contributed by atoms with Gasteiger partial charge in [0.15, 0.2) is 0 Å². The van der Waals surface area contributed by atoms with Crippen LogP contribution in [0.4, 0.5) is 23.9 Å². The molecule has 174 valence electrons. The second-order valence-electron chi connectivity index (χ2n) is 7.95. The monoisotopic (exact) mass is 477 g/mol. The molecule has 2 saturated heterocycles. The van der Waals surface area contributed by atoms with Gasteiger partial charge in [-0.05, 0) is 74.1 Å². The minimum absolute atomic E-state index is 0.109. The number of anilines is 1. The summed E-state index contributed by atoms with van der Waals surface area (Å²) in [5, 5.41) is 1.81. The zero-order valence-electron chi connectivity index (χ0n) is 17.6. The van der Waals surface area contributed by atoms with E-state index >= 15 is 0 Å². The summed E-state index contributed by atoms with van der Waals surface area (Å²) < 4.78 is 39.3. The molecule has 0 spiro atoms. The Balaban J connectivity index is 1.29. The second kappa shape index (κ2) is 9.90. The van der Waals surface area contributed by atoms with Crippen LogP contribution in [0.25, 0.3) is 6.08 Å². The van der Waals surface area contributed by atoms with E-state index in [1.165, 1.54) is 12.3 Å². The first-order valence-corrected chi connectivity index (χ1v) is 11.4. The van der Waals surface area contributed by atoms with Gasteiger partial charge in [-0.2, -0.15) is 13.2 Å². The van der Waals surface area contributed by atoms with Crippen molar-refractivity contribution in [2.24, 2.45) is 5.92 Å². The number of hydrogen-bond acceptors (Lipinski definition) is 7. The number of thioether (sulfide) groups is 1. The van der Waals surface area contributed by atoms with Gasteiger partial charge in [0, 0.05) is 25.5 Å². The molecule has 1 N–H and O–H groups in total. The fourth-order valence-electron chi connectivity index (χ4n) is 4.03. The summed E-state index contributed by atoms with van der Waals surface area (Å²) in [6, 6.07) is 4.07. The first kappa shape index (κ1) is 23.2. The number of hydrogen-bond donors (Lipinski definition) is 1. The minimum Gasteiger partial charge on any atom is -0.341 e. The molecule has 2 aliphatic heterocycles. The van der Waals surface area contributed by atoms with Gasteiger partial charge in [0.2, 0.25) is 5.95 Å². The molecule has 0 bridgehead atoms. The maximum absolute atomic E-state index is 13.1. The second-order valence-corrected chi connectivity index (χ2v) is 8.97. The van der Waals surface area contributed by atoms with E-state index in [2.05, 4.69) is 25.2 Å². The molecule has 2 amide bonds. The molecular formula is C22H22F3N5O2S. The Hall–Kier alpha value is -2.95. The van der Waals surface area contributed by atoms with Gasteiger partial charge in [0.25, 0.3) is 11.1 Å². The van der Waals surface area contributed by atoms with Crippen LogP contribution in [0.15, 0.2) is 35.5 Å². The molecule has 33 heavy (non-hydrogen) atoms. The van der Waals surface area contributed by atoms with E-state index in [1.807, 2.05) is 0 Å². The molecule has 11 heteroatoms. The van der Waals surface area contributed by atoms with Gasteiger partial charge >= 0.3 is 6.18 Å². The standard InChI is InChI=1S/C22H22F3N5O2S/c23-22(24,25)16-4-2-9-26-17(16)5-1-3-14-7-11-30(12-8-14)20-27-10-6-15(28-20)13-18-19(31)29-21(32)33-18/h2,4,6,9-10,13-14H,1,3,5,7-8,11-12H2,(H,29,31,32)/b18-13-. The highest BCUT2D eigenvalue weighted by atomic mass is 32.2. The SMILES string of the molecule is O=C1NC(=O)/C(=C/c2ccnc(N3CCC(CCCc4ncccc4C(F)(F)F)CC3)n2)S1. The summed E-state index contributed by atoms with van der Waals surface area (Å²) in [5.74, 6) is 0.550. The Bertz CT molecular complexity index is 1070. The Morgan fingerprint density at radius 2 is 1.94 bits per heavy atom. The number of nitrogens with zero attached hydrogens (tertiary/aromatic N) is 4. The van der Waals surface area contributed by atoms with Crippen LogP contribution in [-0.4, -0.2) is 39.2 Å². The van der Waals surface area contributed by atoms with E-state index in [-0.39, 0.29) is 5.69 Å². The molecule has 4 rings (SSSR count). The van der Waals surface area contributed by atoms with Crippen LogP contribution in [0.2, 0.25) is 0 Å². The Kier molecular flexibility index (Phi) is 6.96. The number of rotatable bonds is 6. The summed E-state index contributed by atoms with van der Waals surface area (Å²) in [5.41, 5.74) is 0.00699. The average molecular weight is 478 g/mol. The highest BCUT2D eigenvalue weighted by molar-refractivity contribution is 8.18. The molecule has 0 radical (unpaired) electrons. The van der Waals surface area contributed by atoms with Crippen LogP contribution < -0.4 is 10.2 Å². The lowest BCUT2D eigenvalue weighted by Gasteiger charge is -2.32. The first-order valence-electron chi connectivity index (χ1n) is 10.6. The molecule has 4 heterocycles. The molecule has 2 aliphatic rings. The molecular weight excluding hydrogens is 455 g/mol. The van der Waals surface area contributed by atoms with Crippen LogP contribution in [0, 0.1) is 5.92 Å². The van der Waals surface area contributed by atoms with Crippen molar-refractivity contribution < 1.29 is 22.8 Å². The fraction of sp³-hybridized carbons (Fsp3) is 0.409. The average Bonchev–Trinajstić information content (AvgIpc) is 3.10. The predicted octanol–water partition coefficient (Wildman–Crippen LogP) is 4.45. The van der Waals surface area contributed by atoms with Gasteiger partial charge in [0.05, 0.1) is 21.9 Å². The maximum Gasteiger partial charge on any atom is 0.418 e. The van der Waals surface area contributed by atoms with Gasteiger partial charge < -0.3 is 4.90 Å². The fourth-order valence-corrected chi connectivity index (χ4v) is 4.69. The van der Waals surface area contributed by atoms with Crippen molar-refractivity contribution in [3.05, 3.63) is 52.4 Å². The van der Waals surface area contributed by atoms with Crippen molar-refractivity contribution in [2.75, 3.05) is 18.0 Å². The zero-order valence-corrected chi connectivity index (χ0v) is 18.5. The van der Waals surface area contributed by atoms with Crippen molar-refractivity contribution in [1.29, 1.82) is 0 Å². The number of carbonyl (C=O) groups is 2. The Morgan fingerprint density at radius 3 is 2.64 bits per heavy atom. The smallest absolute Gasteiger partial charge is 0.341 e. The third-order valence-electron chi connectivity index (χ3n) is 5.70.